The summed E-state index contributed by atoms with van der Waals surface area (Å²) in [5.41, 5.74) is 4.35. The maximum Gasteiger partial charge on any atom is 0.266 e. The number of ether oxygens (including phenoxy) is 2. The molecule has 0 spiro atoms. The van der Waals surface area contributed by atoms with Crippen LogP contribution in [0.1, 0.15) is 22.3 Å². The van der Waals surface area contributed by atoms with E-state index in [1.165, 1.54) is 6.08 Å². The summed E-state index contributed by atoms with van der Waals surface area (Å²) >= 11 is 3.55. The van der Waals surface area contributed by atoms with E-state index in [9.17, 15) is 10.1 Å². The van der Waals surface area contributed by atoms with Crippen molar-refractivity contribution in [3.63, 3.8) is 0 Å². The number of nitrogens with one attached hydrogen (secondary N) is 1. The third-order valence-electron chi connectivity index (χ3n) is 5.84. The molecule has 0 unspecified atom stereocenters. The van der Waals surface area contributed by atoms with Gasteiger partial charge in [0.2, 0.25) is 0 Å². The number of fused-ring (bicyclic) bond motifs is 1. The molecule has 6 heteroatoms. The van der Waals surface area contributed by atoms with Crippen LogP contribution in [0.5, 0.6) is 11.5 Å². The lowest BCUT2D eigenvalue weighted by Crippen LogP contribution is -2.14. The number of carbonyl (C=O) groups excluding carboxylic acids is 1. The van der Waals surface area contributed by atoms with Crippen LogP contribution in [0, 0.1) is 25.2 Å². The van der Waals surface area contributed by atoms with Gasteiger partial charge in [0.25, 0.3) is 5.91 Å². The minimum Gasteiger partial charge on any atom is -0.493 e. The van der Waals surface area contributed by atoms with Gasteiger partial charge < -0.3 is 14.8 Å². The van der Waals surface area contributed by atoms with E-state index in [2.05, 4.69) is 39.4 Å². The zero-order chi connectivity index (χ0) is 25.7. The Hall–Kier alpha value is -4.08. The Bertz CT molecular complexity index is 1510. The van der Waals surface area contributed by atoms with E-state index in [1.807, 2.05) is 62.4 Å². The maximum atomic E-state index is 12.8. The summed E-state index contributed by atoms with van der Waals surface area (Å²) in [4.78, 5) is 12.8. The van der Waals surface area contributed by atoms with Crippen molar-refractivity contribution in [3.05, 3.63) is 105 Å². The van der Waals surface area contributed by atoms with Crippen molar-refractivity contribution in [2.45, 2.75) is 20.5 Å². The summed E-state index contributed by atoms with van der Waals surface area (Å²) in [5, 5.41) is 14.8. The molecule has 0 atom stereocenters. The third kappa shape index (κ3) is 5.59. The summed E-state index contributed by atoms with van der Waals surface area (Å²) in [6.45, 7) is 4.26. The topological polar surface area (TPSA) is 71.3 Å². The van der Waals surface area contributed by atoms with Crippen molar-refractivity contribution in [3.8, 4) is 17.6 Å². The van der Waals surface area contributed by atoms with Crippen LogP contribution < -0.4 is 14.8 Å². The standard InChI is InChI=1S/C30H25BrN2O3/c1-19-11-12-27(20(2)13-19)33-30(34)24(17-32)14-23-15-28(35-3)29(16-26(23)31)36-18-22-9-6-8-21-7-4-5-10-25(21)22/h4-16H,18H2,1-3H3,(H,33,34)/b24-14+. The number of hydrogen-bond acceptors (Lipinski definition) is 4. The molecule has 0 heterocycles. The Morgan fingerprint density at radius 2 is 1.81 bits per heavy atom. The number of methoxy groups -OCH3 is 1. The van der Waals surface area contributed by atoms with Gasteiger partial charge in [-0.25, -0.2) is 0 Å². The first-order valence-electron chi connectivity index (χ1n) is 11.4. The number of nitrogens with zero attached hydrogens (tertiary/aromatic N) is 1. The van der Waals surface area contributed by atoms with Gasteiger partial charge in [0.1, 0.15) is 18.2 Å². The normalized spacial score (nSPS) is 11.1. The molecular formula is C30H25BrN2O3. The van der Waals surface area contributed by atoms with Crippen molar-refractivity contribution >= 4 is 44.4 Å². The fraction of sp³-hybridized carbons (Fsp3) is 0.133. The van der Waals surface area contributed by atoms with Gasteiger partial charge in [-0.3, -0.25) is 4.79 Å². The van der Waals surface area contributed by atoms with E-state index >= 15 is 0 Å². The summed E-state index contributed by atoms with van der Waals surface area (Å²) < 4.78 is 12.3. The monoisotopic (exact) mass is 540 g/mol. The number of hydrogen-bond donors (Lipinski definition) is 1. The first-order valence-corrected chi connectivity index (χ1v) is 12.2. The molecule has 1 N–H and O–H groups in total. The lowest BCUT2D eigenvalue weighted by Gasteiger charge is -2.14. The van der Waals surface area contributed by atoms with Crippen LogP contribution >= 0.6 is 15.9 Å². The smallest absolute Gasteiger partial charge is 0.266 e. The molecule has 0 radical (unpaired) electrons. The van der Waals surface area contributed by atoms with Gasteiger partial charge in [-0.1, -0.05) is 76.1 Å². The van der Waals surface area contributed by atoms with Gasteiger partial charge in [-0.05, 0) is 65.6 Å². The van der Waals surface area contributed by atoms with Crippen molar-refractivity contribution < 1.29 is 14.3 Å². The molecule has 0 aliphatic rings. The molecule has 5 nitrogen and oxygen atoms in total. The number of aryl methyl sites for hydroxylation is 2. The fourth-order valence-electron chi connectivity index (χ4n) is 3.96. The highest BCUT2D eigenvalue weighted by atomic mass is 79.9. The Balaban J connectivity index is 1.57. The summed E-state index contributed by atoms with van der Waals surface area (Å²) in [6, 6.07) is 25.5. The molecule has 0 bridgehead atoms. The van der Waals surface area contributed by atoms with Crippen LogP contribution in [0.3, 0.4) is 0 Å². The largest absolute Gasteiger partial charge is 0.493 e. The van der Waals surface area contributed by atoms with Crippen LogP contribution in [0.25, 0.3) is 16.8 Å². The Labute approximate surface area is 219 Å². The van der Waals surface area contributed by atoms with Crippen LogP contribution in [-0.2, 0) is 11.4 Å². The SMILES string of the molecule is COc1cc(/C=C(\C#N)C(=O)Nc2ccc(C)cc2C)c(Br)cc1OCc1cccc2ccccc12. The number of amides is 1. The molecule has 0 aliphatic carbocycles. The summed E-state index contributed by atoms with van der Waals surface area (Å²) in [7, 11) is 1.56. The van der Waals surface area contributed by atoms with Gasteiger partial charge in [0.05, 0.1) is 7.11 Å². The van der Waals surface area contributed by atoms with Crippen LogP contribution in [0.2, 0.25) is 0 Å². The van der Waals surface area contributed by atoms with Crippen molar-refractivity contribution in [1.82, 2.24) is 0 Å². The lowest BCUT2D eigenvalue weighted by molar-refractivity contribution is -0.112. The molecule has 36 heavy (non-hydrogen) atoms. The summed E-state index contributed by atoms with van der Waals surface area (Å²) in [6.07, 6.45) is 1.53. The Morgan fingerprint density at radius 3 is 2.56 bits per heavy atom. The van der Waals surface area contributed by atoms with Crippen molar-refractivity contribution in [1.29, 1.82) is 5.26 Å². The van der Waals surface area contributed by atoms with Crippen LogP contribution in [0.4, 0.5) is 5.69 Å². The van der Waals surface area contributed by atoms with E-state index in [1.54, 1.807) is 19.2 Å². The number of halogens is 1. The maximum absolute atomic E-state index is 12.8. The second kappa shape index (κ2) is 11.1. The minimum atomic E-state index is -0.480. The van der Waals surface area contributed by atoms with E-state index in [0.717, 1.165) is 27.5 Å². The second-order valence-electron chi connectivity index (χ2n) is 8.39. The van der Waals surface area contributed by atoms with E-state index < -0.39 is 5.91 Å². The molecule has 4 rings (SSSR count). The number of rotatable bonds is 7. The lowest BCUT2D eigenvalue weighted by atomic mass is 10.1. The zero-order valence-electron chi connectivity index (χ0n) is 20.3. The quantitative estimate of drug-likeness (QED) is 0.196. The van der Waals surface area contributed by atoms with Gasteiger partial charge in [0, 0.05) is 10.2 Å². The minimum absolute atomic E-state index is 0.0258. The predicted octanol–water partition coefficient (Wildman–Crippen LogP) is 7.35. The fourth-order valence-corrected chi connectivity index (χ4v) is 4.39. The number of benzene rings is 4. The highest BCUT2D eigenvalue weighted by Gasteiger charge is 2.15. The molecule has 4 aromatic carbocycles. The van der Waals surface area contributed by atoms with E-state index in [0.29, 0.717) is 33.8 Å². The first-order chi connectivity index (χ1) is 17.4. The van der Waals surface area contributed by atoms with E-state index in [4.69, 9.17) is 9.47 Å². The van der Waals surface area contributed by atoms with Crippen molar-refractivity contribution in [2.24, 2.45) is 0 Å². The highest BCUT2D eigenvalue weighted by Crippen LogP contribution is 2.35. The van der Waals surface area contributed by atoms with Crippen LogP contribution in [0.15, 0.2) is 82.8 Å². The number of carbonyl (C=O) groups is 1. The molecule has 1 amide bonds. The molecule has 0 aromatic heterocycles. The van der Waals surface area contributed by atoms with Crippen LogP contribution in [-0.4, -0.2) is 13.0 Å². The average Bonchev–Trinajstić information content (AvgIpc) is 2.88. The Kier molecular flexibility index (Phi) is 7.72. The van der Waals surface area contributed by atoms with Gasteiger partial charge in [-0.15, -0.1) is 0 Å². The van der Waals surface area contributed by atoms with Gasteiger partial charge in [0.15, 0.2) is 11.5 Å². The third-order valence-corrected chi connectivity index (χ3v) is 6.53. The molecule has 0 fully saturated rings. The van der Waals surface area contributed by atoms with Crippen molar-refractivity contribution in [2.75, 3.05) is 12.4 Å². The van der Waals surface area contributed by atoms with E-state index in [-0.39, 0.29) is 5.57 Å². The molecule has 0 saturated heterocycles. The number of anilines is 1. The Morgan fingerprint density at radius 1 is 1.03 bits per heavy atom. The first kappa shape index (κ1) is 25.0. The number of nitriles is 1. The molecule has 180 valence electrons. The van der Waals surface area contributed by atoms with Gasteiger partial charge >= 0.3 is 0 Å². The molecule has 4 aromatic rings. The molecule has 0 saturated carbocycles. The molecular weight excluding hydrogens is 516 g/mol. The second-order valence-corrected chi connectivity index (χ2v) is 9.25. The molecule has 0 aliphatic heterocycles. The zero-order valence-corrected chi connectivity index (χ0v) is 21.8. The predicted molar refractivity (Wildman–Crippen MR) is 147 cm³/mol. The average molecular weight is 541 g/mol. The highest BCUT2D eigenvalue weighted by molar-refractivity contribution is 9.10. The summed E-state index contributed by atoms with van der Waals surface area (Å²) in [5.74, 6) is 0.566. The van der Waals surface area contributed by atoms with Gasteiger partial charge in [-0.2, -0.15) is 5.26 Å².